The van der Waals surface area contributed by atoms with Gasteiger partial charge in [-0.2, -0.15) is 0 Å². The summed E-state index contributed by atoms with van der Waals surface area (Å²) in [5.74, 6) is 1.19. The van der Waals surface area contributed by atoms with Crippen LogP contribution in [0.5, 0.6) is 17.2 Å². The fraction of sp³-hybridized carbons (Fsp3) is 0.269. The molecule has 1 aliphatic heterocycles. The van der Waals surface area contributed by atoms with Crippen molar-refractivity contribution in [2.45, 2.75) is 24.8 Å². The minimum absolute atomic E-state index is 0.0824. The highest BCUT2D eigenvalue weighted by Crippen LogP contribution is 2.34. The molecule has 0 radical (unpaired) electrons. The zero-order valence-corrected chi connectivity index (χ0v) is 20.5. The number of fused-ring (bicyclic) bond motifs is 1. The van der Waals surface area contributed by atoms with E-state index in [1.54, 1.807) is 48.5 Å². The second-order valence-corrected chi connectivity index (χ2v) is 9.78. The second kappa shape index (κ2) is 10.7. The first-order chi connectivity index (χ1) is 16.9. The molecule has 184 valence electrons. The Morgan fingerprint density at radius 3 is 2.43 bits per heavy atom. The van der Waals surface area contributed by atoms with Gasteiger partial charge in [0.15, 0.2) is 11.5 Å². The first kappa shape index (κ1) is 24.4. The molecule has 0 aliphatic carbocycles. The number of carbonyl (C=O) groups is 1. The van der Waals surface area contributed by atoms with E-state index >= 15 is 0 Å². The standard InChI is InChI=1S/C26H28N2O6S/c1-3-32-23-12-8-7-11-22(23)28(35(30,31)21-9-5-4-6-10-21)18-26(29)27-19(2)20-13-14-24-25(17-20)34-16-15-33-24/h4-14,17,19H,3,15-16,18H2,1-2H3,(H,27,29)/t19-/m0/s1. The molecule has 1 atom stereocenters. The van der Waals surface area contributed by atoms with Crippen LogP contribution in [0.3, 0.4) is 0 Å². The van der Waals surface area contributed by atoms with Crippen molar-refractivity contribution < 1.29 is 27.4 Å². The van der Waals surface area contributed by atoms with Crippen molar-refractivity contribution in [1.29, 1.82) is 0 Å². The quantitative estimate of drug-likeness (QED) is 0.483. The molecular weight excluding hydrogens is 468 g/mol. The molecule has 8 nitrogen and oxygen atoms in total. The molecule has 35 heavy (non-hydrogen) atoms. The first-order valence-corrected chi connectivity index (χ1v) is 12.8. The van der Waals surface area contributed by atoms with Gasteiger partial charge in [-0.3, -0.25) is 9.10 Å². The van der Waals surface area contributed by atoms with E-state index in [1.807, 2.05) is 26.0 Å². The van der Waals surface area contributed by atoms with E-state index in [2.05, 4.69) is 5.32 Å². The van der Waals surface area contributed by atoms with Crippen molar-refractivity contribution in [1.82, 2.24) is 5.32 Å². The van der Waals surface area contributed by atoms with Crippen molar-refractivity contribution in [3.8, 4) is 17.2 Å². The fourth-order valence-electron chi connectivity index (χ4n) is 3.79. The monoisotopic (exact) mass is 496 g/mol. The maximum Gasteiger partial charge on any atom is 0.264 e. The summed E-state index contributed by atoms with van der Waals surface area (Å²) >= 11 is 0. The Morgan fingerprint density at radius 1 is 1.00 bits per heavy atom. The van der Waals surface area contributed by atoms with Gasteiger partial charge in [0, 0.05) is 0 Å². The molecule has 1 N–H and O–H groups in total. The summed E-state index contributed by atoms with van der Waals surface area (Å²) in [5, 5.41) is 2.90. The van der Waals surface area contributed by atoms with Crippen LogP contribution in [-0.2, 0) is 14.8 Å². The molecule has 0 fully saturated rings. The Balaban J connectivity index is 1.60. The predicted octanol–water partition coefficient (Wildman–Crippen LogP) is 3.93. The van der Waals surface area contributed by atoms with Crippen LogP contribution < -0.4 is 23.8 Å². The SMILES string of the molecule is CCOc1ccccc1N(CC(=O)N[C@@H](C)c1ccc2c(c1)OCCO2)S(=O)(=O)c1ccccc1. The Labute approximate surface area is 205 Å². The second-order valence-electron chi connectivity index (χ2n) is 7.92. The molecule has 0 bridgehead atoms. The number of nitrogens with one attached hydrogen (secondary N) is 1. The summed E-state index contributed by atoms with van der Waals surface area (Å²) in [6.07, 6.45) is 0. The Hall–Kier alpha value is -3.72. The number of carbonyl (C=O) groups excluding carboxylic acids is 1. The summed E-state index contributed by atoms with van der Waals surface area (Å²) in [4.78, 5) is 13.2. The number of nitrogens with zero attached hydrogens (tertiary/aromatic N) is 1. The Kier molecular flexibility index (Phi) is 7.45. The van der Waals surface area contributed by atoms with Gasteiger partial charge in [-0.1, -0.05) is 36.4 Å². The average Bonchev–Trinajstić information content (AvgIpc) is 2.88. The number of para-hydroxylation sites is 2. The third-order valence-electron chi connectivity index (χ3n) is 5.50. The Bertz CT molecular complexity index is 1280. The third kappa shape index (κ3) is 5.51. The highest BCUT2D eigenvalue weighted by Gasteiger charge is 2.30. The van der Waals surface area contributed by atoms with Gasteiger partial charge < -0.3 is 19.5 Å². The van der Waals surface area contributed by atoms with Gasteiger partial charge in [-0.25, -0.2) is 8.42 Å². The summed E-state index contributed by atoms with van der Waals surface area (Å²) in [5.41, 5.74) is 1.11. The largest absolute Gasteiger partial charge is 0.492 e. The van der Waals surface area contributed by atoms with Crippen molar-refractivity contribution in [3.63, 3.8) is 0 Å². The number of rotatable bonds is 9. The maximum absolute atomic E-state index is 13.6. The van der Waals surface area contributed by atoms with E-state index in [0.29, 0.717) is 42.8 Å². The van der Waals surface area contributed by atoms with Gasteiger partial charge in [0.1, 0.15) is 25.5 Å². The molecule has 0 spiro atoms. The zero-order valence-electron chi connectivity index (χ0n) is 19.6. The first-order valence-electron chi connectivity index (χ1n) is 11.4. The molecule has 0 aromatic heterocycles. The molecule has 1 heterocycles. The summed E-state index contributed by atoms with van der Waals surface area (Å²) in [6, 6.07) is 19.9. The lowest BCUT2D eigenvalue weighted by atomic mass is 10.1. The minimum Gasteiger partial charge on any atom is -0.492 e. The molecule has 1 amide bonds. The summed E-state index contributed by atoms with van der Waals surface area (Å²) in [7, 11) is -4.05. The number of hydrogen-bond acceptors (Lipinski definition) is 6. The van der Waals surface area contributed by atoms with Gasteiger partial charge >= 0.3 is 0 Å². The molecule has 0 saturated heterocycles. The van der Waals surface area contributed by atoms with Crippen LogP contribution in [-0.4, -0.2) is 40.7 Å². The molecule has 9 heteroatoms. The van der Waals surface area contributed by atoms with E-state index in [9.17, 15) is 13.2 Å². The van der Waals surface area contributed by atoms with E-state index in [4.69, 9.17) is 14.2 Å². The van der Waals surface area contributed by atoms with Crippen molar-refractivity contribution in [2.75, 3.05) is 30.7 Å². The van der Waals surface area contributed by atoms with Crippen LogP contribution >= 0.6 is 0 Å². The molecule has 4 rings (SSSR count). The van der Waals surface area contributed by atoms with Crippen LogP contribution in [0.25, 0.3) is 0 Å². The number of sulfonamides is 1. The number of benzene rings is 3. The third-order valence-corrected chi connectivity index (χ3v) is 7.27. The minimum atomic E-state index is -4.05. The van der Waals surface area contributed by atoms with Gasteiger partial charge in [-0.05, 0) is 55.8 Å². The molecule has 0 saturated carbocycles. The van der Waals surface area contributed by atoms with Gasteiger partial charge in [0.05, 0.1) is 23.2 Å². The van der Waals surface area contributed by atoms with Gasteiger partial charge in [-0.15, -0.1) is 0 Å². The highest BCUT2D eigenvalue weighted by atomic mass is 32.2. The highest BCUT2D eigenvalue weighted by molar-refractivity contribution is 7.92. The fourth-order valence-corrected chi connectivity index (χ4v) is 5.24. The van der Waals surface area contributed by atoms with E-state index < -0.39 is 22.5 Å². The van der Waals surface area contributed by atoms with Gasteiger partial charge in [0.2, 0.25) is 5.91 Å². The molecular formula is C26H28N2O6S. The predicted molar refractivity (Wildman–Crippen MR) is 133 cm³/mol. The van der Waals surface area contributed by atoms with Gasteiger partial charge in [0.25, 0.3) is 10.0 Å². The van der Waals surface area contributed by atoms with Crippen LogP contribution in [0.1, 0.15) is 25.5 Å². The van der Waals surface area contributed by atoms with Crippen LogP contribution in [0, 0.1) is 0 Å². The van der Waals surface area contributed by atoms with Crippen LogP contribution in [0.2, 0.25) is 0 Å². The summed E-state index contributed by atoms with van der Waals surface area (Å²) in [6.45, 7) is 4.53. The van der Waals surface area contributed by atoms with E-state index in [1.165, 1.54) is 12.1 Å². The van der Waals surface area contributed by atoms with E-state index in [-0.39, 0.29) is 10.9 Å². The number of ether oxygens (including phenoxy) is 3. The summed E-state index contributed by atoms with van der Waals surface area (Å²) < 4.78 is 45.1. The smallest absolute Gasteiger partial charge is 0.264 e. The Morgan fingerprint density at radius 2 is 1.69 bits per heavy atom. The topological polar surface area (TPSA) is 94.2 Å². The van der Waals surface area contributed by atoms with Crippen LogP contribution in [0.15, 0.2) is 77.7 Å². The normalized spacial score (nSPS) is 13.5. The average molecular weight is 497 g/mol. The molecule has 3 aromatic carbocycles. The zero-order chi connectivity index (χ0) is 24.8. The number of anilines is 1. The molecule has 3 aromatic rings. The lowest BCUT2D eigenvalue weighted by Crippen LogP contribution is -2.41. The van der Waals surface area contributed by atoms with Crippen LogP contribution in [0.4, 0.5) is 5.69 Å². The lowest BCUT2D eigenvalue weighted by Gasteiger charge is -2.27. The number of amides is 1. The maximum atomic E-state index is 13.6. The molecule has 1 aliphatic rings. The molecule has 0 unspecified atom stereocenters. The number of hydrogen-bond donors (Lipinski definition) is 1. The van der Waals surface area contributed by atoms with E-state index in [0.717, 1.165) is 9.87 Å². The van der Waals surface area contributed by atoms with Crippen molar-refractivity contribution >= 4 is 21.6 Å². The van der Waals surface area contributed by atoms with Crippen molar-refractivity contribution in [2.24, 2.45) is 0 Å². The lowest BCUT2D eigenvalue weighted by molar-refractivity contribution is -0.120. The van der Waals surface area contributed by atoms with Crippen molar-refractivity contribution in [3.05, 3.63) is 78.4 Å².